The maximum absolute atomic E-state index is 5.96. The zero-order chi connectivity index (χ0) is 15.4. The van der Waals surface area contributed by atoms with Crippen LogP contribution in [0, 0.1) is 6.92 Å². The van der Waals surface area contributed by atoms with E-state index in [0.717, 1.165) is 39.5 Å². The second-order valence-electron chi connectivity index (χ2n) is 4.76. The minimum Gasteiger partial charge on any atom is -0.497 e. The Bertz CT molecular complexity index is 626. The average Bonchev–Trinajstić information content (AvgIpc) is 2.71. The molecule has 0 aliphatic rings. The molecule has 0 atom stereocenters. The fraction of sp³-hybridized carbons (Fsp3) is 0.400. The van der Waals surface area contributed by atoms with Crippen LogP contribution >= 0.6 is 15.9 Å². The van der Waals surface area contributed by atoms with Crippen LogP contribution in [0.4, 0.5) is 0 Å². The molecule has 0 amide bonds. The van der Waals surface area contributed by atoms with E-state index in [4.69, 9.17) is 9.47 Å². The number of ether oxygens (including phenoxy) is 2. The summed E-state index contributed by atoms with van der Waals surface area (Å²) in [5.41, 5.74) is 3.03. The van der Waals surface area contributed by atoms with Crippen molar-refractivity contribution in [3.05, 3.63) is 39.6 Å². The highest BCUT2D eigenvalue weighted by atomic mass is 79.9. The molecule has 0 saturated carbocycles. The van der Waals surface area contributed by atoms with Crippen LogP contribution in [0.2, 0.25) is 0 Å². The van der Waals surface area contributed by atoms with Gasteiger partial charge in [-0.3, -0.25) is 4.68 Å². The van der Waals surface area contributed by atoms with E-state index >= 15 is 0 Å². The van der Waals surface area contributed by atoms with Crippen molar-refractivity contribution in [2.24, 2.45) is 7.05 Å². The molecule has 21 heavy (non-hydrogen) atoms. The Morgan fingerprint density at radius 3 is 2.71 bits per heavy atom. The van der Waals surface area contributed by atoms with Gasteiger partial charge in [0, 0.05) is 19.2 Å². The summed E-state index contributed by atoms with van der Waals surface area (Å²) in [4.78, 5) is 0. The van der Waals surface area contributed by atoms with Gasteiger partial charge in [0.15, 0.2) is 0 Å². The van der Waals surface area contributed by atoms with Crippen molar-refractivity contribution in [2.75, 3.05) is 14.2 Å². The fourth-order valence-electron chi connectivity index (χ4n) is 2.14. The van der Waals surface area contributed by atoms with Gasteiger partial charge in [0.1, 0.15) is 18.1 Å². The Labute approximate surface area is 133 Å². The zero-order valence-corrected chi connectivity index (χ0v) is 14.3. The third-order valence-electron chi connectivity index (χ3n) is 3.26. The Balaban J connectivity index is 2.19. The lowest BCUT2D eigenvalue weighted by molar-refractivity contribution is 0.290. The summed E-state index contributed by atoms with van der Waals surface area (Å²) < 4.78 is 14.0. The lowest BCUT2D eigenvalue weighted by Gasteiger charge is -2.13. The van der Waals surface area contributed by atoms with Crippen molar-refractivity contribution in [3.8, 4) is 11.5 Å². The molecule has 2 aromatic rings. The average molecular weight is 354 g/mol. The molecule has 0 aliphatic carbocycles. The number of nitrogens with one attached hydrogen (secondary N) is 1. The molecule has 0 radical (unpaired) electrons. The molecule has 0 unspecified atom stereocenters. The van der Waals surface area contributed by atoms with Crippen LogP contribution in [0.1, 0.15) is 17.0 Å². The lowest BCUT2D eigenvalue weighted by Crippen LogP contribution is -2.09. The predicted molar refractivity (Wildman–Crippen MR) is 85.7 cm³/mol. The molecule has 5 nitrogen and oxygen atoms in total. The first-order valence-corrected chi connectivity index (χ1v) is 7.48. The number of nitrogens with zero attached hydrogens (tertiary/aromatic N) is 2. The summed E-state index contributed by atoms with van der Waals surface area (Å²) in [7, 11) is 5.48. The van der Waals surface area contributed by atoms with Crippen LogP contribution in [0.5, 0.6) is 11.5 Å². The van der Waals surface area contributed by atoms with Crippen molar-refractivity contribution in [3.63, 3.8) is 0 Å². The van der Waals surface area contributed by atoms with E-state index in [0.29, 0.717) is 6.61 Å². The topological polar surface area (TPSA) is 48.3 Å². The largest absolute Gasteiger partial charge is 0.497 e. The van der Waals surface area contributed by atoms with Crippen LogP contribution in [0.3, 0.4) is 0 Å². The Kier molecular flexibility index (Phi) is 5.25. The highest BCUT2D eigenvalue weighted by Gasteiger charge is 2.12. The van der Waals surface area contributed by atoms with Gasteiger partial charge in [-0.15, -0.1) is 0 Å². The van der Waals surface area contributed by atoms with Crippen LogP contribution in [0.15, 0.2) is 22.7 Å². The van der Waals surface area contributed by atoms with Gasteiger partial charge in [-0.1, -0.05) is 0 Å². The zero-order valence-electron chi connectivity index (χ0n) is 12.7. The molecule has 1 heterocycles. The molecule has 1 aromatic heterocycles. The molecule has 1 N–H and O–H groups in total. The van der Waals surface area contributed by atoms with Crippen LogP contribution in [-0.2, 0) is 20.2 Å². The molecule has 0 spiro atoms. The molecule has 1 aromatic carbocycles. The smallest absolute Gasteiger partial charge is 0.131 e. The molecule has 0 bridgehead atoms. The Hall–Kier alpha value is -1.53. The second-order valence-corrected chi connectivity index (χ2v) is 5.56. The van der Waals surface area contributed by atoms with Gasteiger partial charge in [-0.2, -0.15) is 5.10 Å². The van der Waals surface area contributed by atoms with Gasteiger partial charge >= 0.3 is 0 Å². The maximum Gasteiger partial charge on any atom is 0.131 e. The van der Waals surface area contributed by atoms with E-state index in [1.54, 1.807) is 7.11 Å². The van der Waals surface area contributed by atoms with Crippen molar-refractivity contribution in [2.45, 2.75) is 20.1 Å². The van der Waals surface area contributed by atoms with E-state index in [1.165, 1.54) is 0 Å². The highest BCUT2D eigenvalue weighted by Crippen LogP contribution is 2.27. The fourth-order valence-corrected chi connectivity index (χ4v) is 2.59. The lowest BCUT2D eigenvalue weighted by atomic mass is 10.2. The van der Waals surface area contributed by atoms with Crippen molar-refractivity contribution in [1.29, 1.82) is 0 Å². The first-order valence-electron chi connectivity index (χ1n) is 6.69. The monoisotopic (exact) mass is 353 g/mol. The highest BCUT2D eigenvalue weighted by molar-refractivity contribution is 9.10. The maximum atomic E-state index is 5.96. The summed E-state index contributed by atoms with van der Waals surface area (Å²) in [5, 5.41) is 7.50. The molecule has 0 aliphatic heterocycles. The van der Waals surface area contributed by atoms with Gasteiger partial charge in [-0.05, 0) is 48.1 Å². The number of hydrogen-bond acceptors (Lipinski definition) is 4. The number of aryl methyl sites for hydroxylation is 2. The molecule has 6 heteroatoms. The number of halogens is 1. The van der Waals surface area contributed by atoms with E-state index in [9.17, 15) is 0 Å². The SMILES string of the molecule is CNCc1cc(OC)ccc1OCc1c(Br)c(C)nn1C. The summed E-state index contributed by atoms with van der Waals surface area (Å²) in [5.74, 6) is 1.67. The van der Waals surface area contributed by atoms with Crippen LogP contribution in [-0.4, -0.2) is 23.9 Å². The number of methoxy groups -OCH3 is 1. The van der Waals surface area contributed by atoms with E-state index in [1.807, 2.05) is 43.9 Å². The van der Waals surface area contributed by atoms with Gasteiger partial charge < -0.3 is 14.8 Å². The van der Waals surface area contributed by atoms with E-state index < -0.39 is 0 Å². The number of benzene rings is 1. The minimum atomic E-state index is 0.459. The predicted octanol–water partition coefficient (Wildman–Crippen LogP) is 2.80. The molecule has 0 fully saturated rings. The third-order valence-corrected chi connectivity index (χ3v) is 4.29. The first kappa shape index (κ1) is 15.9. The number of rotatable bonds is 6. The van der Waals surface area contributed by atoms with E-state index in [-0.39, 0.29) is 0 Å². The number of aromatic nitrogens is 2. The molecule has 114 valence electrons. The molecule has 2 rings (SSSR count). The summed E-state index contributed by atoms with van der Waals surface area (Å²) in [6, 6.07) is 5.82. The summed E-state index contributed by atoms with van der Waals surface area (Å²) >= 11 is 3.55. The molecular formula is C15H20BrN3O2. The van der Waals surface area contributed by atoms with Gasteiger partial charge in [0.2, 0.25) is 0 Å². The minimum absolute atomic E-state index is 0.459. The second kappa shape index (κ2) is 6.95. The summed E-state index contributed by atoms with van der Waals surface area (Å²) in [6.45, 7) is 3.15. The van der Waals surface area contributed by atoms with Crippen molar-refractivity contribution >= 4 is 15.9 Å². The van der Waals surface area contributed by atoms with Crippen LogP contribution in [0.25, 0.3) is 0 Å². The van der Waals surface area contributed by atoms with Gasteiger partial charge in [0.25, 0.3) is 0 Å². The first-order chi connectivity index (χ1) is 10.1. The van der Waals surface area contributed by atoms with Crippen LogP contribution < -0.4 is 14.8 Å². The van der Waals surface area contributed by atoms with Gasteiger partial charge in [0.05, 0.1) is 23.0 Å². The Morgan fingerprint density at radius 2 is 2.14 bits per heavy atom. The molecular weight excluding hydrogens is 334 g/mol. The normalized spacial score (nSPS) is 10.7. The standard InChI is InChI=1S/C15H20BrN3O2/c1-10-15(16)13(19(3)18-10)9-21-14-6-5-12(20-4)7-11(14)8-17-2/h5-7,17H,8-9H2,1-4H3. The van der Waals surface area contributed by atoms with Gasteiger partial charge in [-0.25, -0.2) is 0 Å². The van der Waals surface area contributed by atoms with Crippen molar-refractivity contribution < 1.29 is 9.47 Å². The molecule has 0 saturated heterocycles. The Morgan fingerprint density at radius 1 is 1.38 bits per heavy atom. The van der Waals surface area contributed by atoms with E-state index in [2.05, 4.69) is 26.3 Å². The number of hydrogen-bond donors (Lipinski definition) is 1. The summed E-state index contributed by atoms with van der Waals surface area (Å²) in [6.07, 6.45) is 0. The third kappa shape index (κ3) is 3.57. The van der Waals surface area contributed by atoms with Crippen molar-refractivity contribution in [1.82, 2.24) is 15.1 Å². The quantitative estimate of drug-likeness (QED) is 0.867.